The van der Waals surface area contributed by atoms with Crippen LogP contribution in [0.5, 0.6) is 11.5 Å². The number of benzene rings is 3. The van der Waals surface area contributed by atoms with E-state index in [2.05, 4.69) is 15.7 Å². The second-order valence-corrected chi connectivity index (χ2v) is 7.24. The van der Waals surface area contributed by atoms with Crippen molar-refractivity contribution < 1.29 is 19.1 Å². The van der Waals surface area contributed by atoms with Gasteiger partial charge in [0.1, 0.15) is 11.5 Å². The third-order valence-corrected chi connectivity index (χ3v) is 5.13. The van der Waals surface area contributed by atoms with Crippen LogP contribution in [0.15, 0.2) is 77.6 Å². The van der Waals surface area contributed by atoms with E-state index >= 15 is 0 Å². The lowest BCUT2D eigenvalue weighted by molar-refractivity contribution is -0.115. The number of carbonyl (C=O) groups excluding carboxylic acids is 2. The molecule has 0 aliphatic heterocycles. The van der Waals surface area contributed by atoms with Crippen molar-refractivity contribution in [2.75, 3.05) is 26.1 Å². The Kier molecular flexibility index (Phi) is 6.54. The van der Waals surface area contributed by atoms with Crippen LogP contribution in [-0.2, 0) is 4.79 Å². The highest BCUT2D eigenvalue weighted by atomic mass is 16.5. The molecule has 0 fully saturated rings. The molecule has 2 amide bonds. The molecule has 0 aliphatic carbocycles. The topological polar surface area (TPSA) is 112 Å². The lowest BCUT2D eigenvalue weighted by atomic mass is 10.1. The van der Waals surface area contributed by atoms with Crippen LogP contribution in [0.2, 0.25) is 0 Å². The van der Waals surface area contributed by atoms with Crippen molar-refractivity contribution in [3.05, 3.63) is 88.8 Å². The molecule has 1 aromatic heterocycles. The van der Waals surface area contributed by atoms with Crippen molar-refractivity contribution in [2.45, 2.75) is 0 Å². The van der Waals surface area contributed by atoms with Gasteiger partial charge in [0.25, 0.3) is 11.5 Å². The third kappa shape index (κ3) is 4.58. The third-order valence-electron chi connectivity index (χ3n) is 5.13. The van der Waals surface area contributed by atoms with Crippen LogP contribution in [0.25, 0.3) is 16.5 Å². The van der Waals surface area contributed by atoms with Gasteiger partial charge >= 0.3 is 0 Å². The van der Waals surface area contributed by atoms with Crippen molar-refractivity contribution in [2.24, 2.45) is 0 Å². The molecule has 0 saturated heterocycles. The molecule has 0 radical (unpaired) electrons. The molecule has 2 N–H and O–H groups in total. The largest absolute Gasteiger partial charge is 0.497 e. The number of hydrogen-bond acceptors (Lipinski definition) is 6. The molecule has 0 saturated carbocycles. The standard InChI is InChI=1S/C25H22N4O5/c1-33-17-13-11-16(12-14-17)29-25(32)19-8-4-3-7-18(19)23(28-29)24(31)26-15-22(30)27-20-9-5-6-10-21(20)34-2/h3-14H,15H2,1-2H3,(H,26,31)(H,27,30). The van der Waals surface area contributed by atoms with Crippen LogP contribution in [0, 0.1) is 0 Å². The number of fused-ring (bicyclic) bond motifs is 1. The van der Waals surface area contributed by atoms with Gasteiger partial charge in [0.05, 0.1) is 37.5 Å². The van der Waals surface area contributed by atoms with E-state index in [1.165, 1.54) is 7.11 Å². The van der Waals surface area contributed by atoms with E-state index in [1.807, 2.05) is 0 Å². The zero-order valence-corrected chi connectivity index (χ0v) is 18.6. The predicted octanol–water partition coefficient (Wildman–Crippen LogP) is 2.77. The van der Waals surface area contributed by atoms with Crippen LogP contribution >= 0.6 is 0 Å². The Morgan fingerprint density at radius 2 is 1.56 bits per heavy atom. The minimum absolute atomic E-state index is 0.0242. The number of amides is 2. The van der Waals surface area contributed by atoms with Gasteiger partial charge in [-0.2, -0.15) is 9.78 Å². The number of rotatable bonds is 7. The molecule has 0 unspecified atom stereocenters. The molecule has 9 nitrogen and oxygen atoms in total. The molecule has 3 aromatic carbocycles. The molecular formula is C25H22N4O5. The molecular weight excluding hydrogens is 436 g/mol. The highest BCUT2D eigenvalue weighted by Crippen LogP contribution is 2.22. The number of para-hydroxylation sites is 2. The fraction of sp³-hybridized carbons (Fsp3) is 0.120. The molecule has 9 heteroatoms. The highest BCUT2D eigenvalue weighted by Gasteiger charge is 2.18. The van der Waals surface area contributed by atoms with Gasteiger partial charge in [-0.3, -0.25) is 14.4 Å². The van der Waals surface area contributed by atoms with E-state index in [9.17, 15) is 14.4 Å². The maximum Gasteiger partial charge on any atom is 0.279 e. The molecule has 4 aromatic rings. The number of ether oxygens (including phenoxy) is 2. The number of nitrogens with one attached hydrogen (secondary N) is 2. The number of methoxy groups -OCH3 is 2. The Morgan fingerprint density at radius 3 is 2.26 bits per heavy atom. The summed E-state index contributed by atoms with van der Waals surface area (Å²) in [6.45, 7) is -0.297. The van der Waals surface area contributed by atoms with E-state index in [0.717, 1.165) is 4.68 Å². The quantitative estimate of drug-likeness (QED) is 0.441. The number of hydrogen-bond donors (Lipinski definition) is 2. The summed E-state index contributed by atoms with van der Waals surface area (Å²) >= 11 is 0. The van der Waals surface area contributed by atoms with Crippen molar-refractivity contribution >= 4 is 28.3 Å². The average Bonchev–Trinajstić information content (AvgIpc) is 2.88. The molecule has 1 heterocycles. The average molecular weight is 458 g/mol. The fourth-order valence-electron chi connectivity index (χ4n) is 3.44. The predicted molar refractivity (Wildman–Crippen MR) is 128 cm³/mol. The summed E-state index contributed by atoms with van der Waals surface area (Å²) in [5.74, 6) is 0.0947. The summed E-state index contributed by atoms with van der Waals surface area (Å²) in [7, 11) is 3.04. The Bertz CT molecular complexity index is 1410. The van der Waals surface area contributed by atoms with E-state index < -0.39 is 11.8 Å². The van der Waals surface area contributed by atoms with E-state index in [1.54, 1.807) is 79.9 Å². The Labute approximate surface area is 194 Å². The number of aromatic nitrogens is 2. The first-order valence-corrected chi connectivity index (χ1v) is 10.4. The summed E-state index contributed by atoms with van der Waals surface area (Å²) in [4.78, 5) is 38.5. The molecule has 4 rings (SSSR count). The van der Waals surface area contributed by atoms with Gasteiger partial charge in [0.2, 0.25) is 5.91 Å². The summed E-state index contributed by atoms with van der Waals surface area (Å²) in [5.41, 5.74) is 0.614. The number of anilines is 1. The van der Waals surface area contributed by atoms with Crippen molar-refractivity contribution in [1.82, 2.24) is 15.1 Å². The van der Waals surface area contributed by atoms with Crippen LogP contribution in [0.3, 0.4) is 0 Å². The van der Waals surface area contributed by atoms with Gasteiger partial charge in [0, 0.05) is 5.39 Å². The van der Waals surface area contributed by atoms with Crippen LogP contribution < -0.4 is 25.7 Å². The van der Waals surface area contributed by atoms with E-state index in [0.29, 0.717) is 33.6 Å². The first kappa shape index (κ1) is 22.5. The van der Waals surface area contributed by atoms with Crippen LogP contribution in [0.1, 0.15) is 10.5 Å². The van der Waals surface area contributed by atoms with Crippen LogP contribution in [0.4, 0.5) is 5.69 Å². The van der Waals surface area contributed by atoms with E-state index in [4.69, 9.17) is 9.47 Å². The summed E-state index contributed by atoms with van der Waals surface area (Å²) < 4.78 is 11.5. The first-order chi connectivity index (χ1) is 16.5. The molecule has 0 bridgehead atoms. The normalized spacial score (nSPS) is 10.5. The fourth-order valence-corrected chi connectivity index (χ4v) is 3.44. The van der Waals surface area contributed by atoms with Gasteiger partial charge in [-0.25, -0.2) is 0 Å². The molecule has 0 spiro atoms. The monoisotopic (exact) mass is 458 g/mol. The van der Waals surface area contributed by atoms with Gasteiger partial charge in [-0.15, -0.1) is 0 Å². The Morgan fingerprint density at radius 1 is 0.882 bits per heavy atom. The zero-order valence-electron chi connectivity index (χ0n) is 18.6. The summed E-state index contributed by atoms with van der Waals surface area (Å²) in [5, 5.41) is 10.3. The molecule has 172 valence electrons. The Hall–Kier alpha value is -4.66. The van der Waals surface area contributed by atoms with Gasteiger partial charge in [-0.1, -0.05) is 30.3 Å². The van der Waals surface area contributed by atoms with Gasteiger partial charge in [0.15, 0.2) is 5.69 Å². The zero-order chi connectivity index (χ0) is 24.1. The minimum Gasteiger partial charge on any atom is -0.497 e. The van der Waals surface area contributed by atoms with Crippen molar-refractivity contribution in [3.63, 3.8) is 0 Å². The maximum absolute atomic E-state index is 13.0. The Balaban J connectivity index is 1.61. The number of carbonyl (C=O) groups is 2. The summed E-state index contributed by atoms with van der Waals surface area (Å²) in [6.07, 6.45) is 0. The summed E-state index contributed by atoms with van der Waals surface area (Å²) in [6, 6.07) is 20.4. The second kappa shape index (κ2) is 9.86. The van der Waals surface area contributed by atoms with E-state index in [-0.39, 0.29) is 17.8 Å². The SMILES string of the molecule is COc1ccc(-n2nc(C(=O)NCC(=O)Nc3ccccc3OC)c3ccccc3c2=O)cc1. The van der Waals surface area contributed by atoms with Gasteiger partial charge in [-0.05, 0) is 42.5 Å². The maximum atomic E-state index is 13.0. The van der Waals surface area contributed by atoms with Crippen molar-refractivity contribution in [1.29, 1.82) is 0 Å². The number of nitrogens with zero attached hydrogens (tertiary/aromatic N) is 2. The molecule has 0 aliphatic rings. The molecule has 0 atom stereocenters. The lowest BCUT2D eigenvalue weighted by Gasteiger charge is -2.12. The molecule has 34 heavy (non-hydrogen) atoms. The first-order valence-electron chi connectivity index (χ1n) is 10.4. The second-order valence-electron chi connectivity index (χ2n) is 7.24. The minimum atomic E-state index is -0.589. The van der Waals surface area contributed by atoms with Crippen molar-refractivity contribution in [3.8, 4) is 17.2 Å². The van der Waals surface area contributed by atoms with Crippen LogP contribution in [-0.4, -0.2) is 42.4 Å². The smallest absolute Gasteiger partial charge is 0.279 e. The highest BCUT2D eigenvalue weighted by molar-refractivity contribution is 6.06. The lowest BCUT2D eigenvalue weighted by Crippen LogP contribution is -2.35. The van der Waals surface area contributed by atoms with Gasteiger partial charge < -0.3 is 20.1 Å².